The fourth-order valence-electron chi connectivity index (χ4n) is 4.47. The second kappa shape index (κ2) is 10.0. The van der Waals surface area contributed by atoms with Crippen molar-refractivity contribution in [2.24, 2.45) is 0 Å². The molecule has 0 fully saturated rings. The predicted octanol–water partition coefficient (Wildman–Crippen LogP) is 4.59. The predicted molar refractivity (Wildman–Crippen MR) is 146 cm³/mol. The van der Waals surface area contributed by atoms with Crippen LogP contribution in [0.2, 0.25) is 0 Å². The topological polar surface area (TPSA) is 105 Å². The lowest BCUT2D eigenvalue weighted by Crippen LogP contribution is -2.35. The lowest BCUT2D eigenvalue weighted by atomic mass is 10.1. The Kier molecular flexibility index (Phi) is 6.80. The number of nitrogens with one attached hydrogen (secondary N) is 1. The first-order valence-corrected chi connectivity index (χ1v) is 13.9. The molecular formula is C27H26N4O4S2. The number of nitrogens with zero attached hydrogens (tertiary/aromatic N) is 3. The number of H-pyrrole nitrogens is 1. The summed E-state index contributed by atoms with van der Waals surface area (Å²) in [4.78, 5) is 16.0. The minimum atomic E-state index is -4.03. The van der Waals surface area contributed by atoms with E-state index in [-0.39, 0.29) is 23.5 Å². The minimum absolute atomic E-state index is 0.0932. The molecular weight excluding hydrogens is 508 g/mol. The molecule has 0 aliphatic carbocycles. The Bertz CT molecular complexity index is 1780. The van der Waals surface area contributed by atoms with Crippen molar-refractivity contribution in [3.8, 4) is 5.75 Å². The van der Waals surface area contributed by atoms with Gasteiger partial charge in [0.2, 0.25) is 10.0 Å². The number of methoxy groups -OCH3 is 1. The summed E-state index contributed by atoms with van der Waals surface area (Å²) in [6, 6.07) is 18.5. The molecule has 5 rings (SSSR count). The number of benzene rings is 3. The van der Waals surface area contributed by atoms with Crippen molar-refractivity contribution < 1.29 is 13.2 Å². The maximum absolute atomic E-state index is 14.2. The van der Waals surface area contributed by atoms with Crippen LogP contribution < -0.4 is 10.3 Å². The van der Waals surface area contributed by atoms with Gasteiger partial charge < -0.3 is 9.72 Å². The summed E-state index contributed by atoms with van der Waals surface area (Å²) < 4.78 is 43.6. The van der Waals surface area contributed by atoms with Crippen molar-refractivity contribution >= 4 is 43.7 Å². The van der Waals surface area contributed by atoms with Crippen LogP contribution in [0.4, 0.5) is 0 Å². The third-order valence-corrected chi connectivity index (χ3v) is 9.11. The molecule has 2 heterocycles. The number of sulfonamides is 1. The minimum Gasteiger partial charge on any atom is -0.497 e. The average molecular weight is 535 g/mol. The van der Waals surface area contributed by atoms with Gasteiger partial charge in [-0.15, -0.1) is 0 Å². The average Bonchev–Trinajstić information content (AvgIpc) is 3.35. The molecule has 5 aromatic rings. The van der Waals surface area contributed by atoms with E-state index >= 15 is 0 Å². The maximum Gasteiger partial charge on any atom is 0.252 e. The van der Waals surface area contributed by atoms with Crippen LogP contribution in [0.1, 0.15) is 22.3 Å². The summed E-state index contributed by atoms with van der Waals surface area (Å²) in [5.74, 6) is 0.646. The van der Waals surface area contributed by atoms with Crippen molar-refractivity contribution in [2.75, 3.05) is 13.7 Å². The highest BCUT2D eigenvalue weighted by Crippen LogP contribution is 2.29. The van der Waals surface area contributed by atoms with Crippen LogP contribution in [0, 0.1) is 13.8 Å². The zero-order valence-corrected chi connectivity index (χ0v) is 22.3. The fraction of sp³-hybridized carbons (Fsp3) is 0.222. The van der Waals surface area contributed by atoms with Gasteiger partial charge in [-0.3, -0.25) is 4.79 Å². The molecule has 1 N–H and O–H groups in total. The van der Waals surface area contributed by atoms with Gasteiger partial charge >= 0.3 is 0 Å². The molecule has 0 amide bonds. The van der Waals surface area contributed by atoms with E-state index in [1.54, 1.807) is 44.4 Å². The van der Waals surface area contributed by atoms with E-state index in [1.165, 1.54) is 4.31 Å². The summed E-state index contributed by atoms with van der Waals surface area (Å²) in [6.07, 6.45) is 0.496. The van der Waals surface area contributed by atoms with Gasteiger partial charge in [0.15, 0.2) is 0 Å². The monoisotopic (exact) mass is 534 g/mol. The van der Waals surface area contributed by atoms with Gasteiger partial charge in [0.05, 0.1) is 18.8 Å². The molecule has 0 radical (unpaired) electrons. The molecule has 190 valence electrons. The highest BCUT2D eigenvalue weighted by molar-refractivity contribution is 7.89. The lowest BCUT2D eigenvalue weighted by molar-refractivity contribution is 0.408. The van der Waals surface area contributed by atoms with E-state index in [0.717, 1.165) is 28.2 Å². The van der Waals surface area contributed by atoms with Crippen molar-refractivity contribution in [1.29, 1.82) is 0 Å². The van der Waals surface area contributed by atoms with Gasteiger partial charge in [0.25, 0.3) is 5.56 Å². The molecule has 3 aromatic carbocycles. The van der Waals surface area contributed by atoms with Crippen molar-refractivity contribution in [1.82, 2.24) is 18.0 Å². The summed E-state index contributed by atoms with van der Waals surface area (Å²) in [6.45, 7) is 3.85. The Morgan fingerprint density at radius 1 is 0.973 bits per heavy atom. The standard InChI is InChI=1S/C27H26N4O4S2/c1-17-6-4-5-7-19(17)12-13-31(37(33,34)26-18(2)8-10-24-25(26)30-36-29-24)16-21-14-20-15-22(35-3)9-11-23(20)28-27(21)32/h4-11,14-15H,12-13,16H2,1-3H3,(H,28,32). The molecule has 0 atom stereocenters. The summed E-state index contributed by atoms with van der Waals surface area (Å²) in [7, 11) is -2.46. The molecule has 0 bridgehead atoms. The van der Waals surface area contributed by atoms with Gasteiger partial charge in [-0.2, -0.15) is 13.1 Å². The molecule has 0 aliphatic rings. The second-order valence-corrected chi connectivity index (χ2v) is 11.3. The van der Waals surface area contributed by atoms with E-state index in [1.807, 2.05) is 37.3 Å². The van der Waals surface area contributed by atoms with Crippen LogP contribution >= 0.6 is 11.7 Å². The molecule has 37 heavy (non-hydrogen) atoms. The van der Waals surface area contributed by atoms with E-state index in [2.05, 4.69) is 13.7 Å². The molecule has 0 saturated heterocycles. The molecule has 0 saturated carbocycles. The highest BCUT2D eigenvalue weighted by Gasteiger charge is 2.30. The van der Waals surface area contributed by atoms with Crippen LogP contribution in [0.5, 0.6) is 5.75 Å². The molecule has 8 nitrogen and oxygen atoms in total. The third kappa shape index (κ3) is 4.87. The Labute approximate surface area is 218 Å². The summed E-state index contributed by atoms with van der Waals surface area (Å²) in [5.41, 5.74) is 4.25. The Morgan fingerprint density at radius 2 is 1.78 bits per heavy atom. The zero-order chi connectivity index (χ0) is 26.2. The number of fused-ring (bicyclic) bond motifs is 2. The SMILES string of the molecule is COc1ccc2[nH]c(=O)c(CN(CCc3ccccc3C)S(=O)(=O)c3c(C)ccc4nsnc34)cc2c1. The number of pyridine rings is 1. The van der Waals surface area contributed by atoms with Crippen LogP contribution in [-0.4, -0.2) is 40.1 Å². The molecule has 0 spiro atoms. The van der Waals surface area contributed by atoms with E-state index in [4.69, 9.17) is 4.74 Å². The molecule has 0 aliphatic heterocycles. The quantitative estimate of drug-likeness (QED) is 0.312. The largest absolute Gasteiger partial charge is 0.497 e. The van der Waals surface area contributed by atoms with E-state index < -0.39 is 10.0 Å². The van der Waals surface area contributed by atoms with Crippen molar-refractivity contribution in [3.05, 3.63) is 93.3 Å². The Balaban J connectivity index is 1.60. The normalized spacial score (nSPS) is 12.0. The maximum atomic E-state index is 14.2. The smallest absolute Gasteiger partial charge is 0.252 e. The fourth-order valence-corrected chi connectivity index (χ4v) is 6.84. The van der Waals surface area contributed by atoms with Gasteiger partial charge in [0, 0.05) is 29.6 Å². The van der Waals surface area contributed by atoms with Crippen molar-refractivity contribution in [3.63, 3.8) is 0 Å². The first-order valence-electron chi connectivity index (χ1n) is 11.7. The van der Waals surface area contributed by atoms with Crippen molar-refractivity contribution in [2.45, 2.75) is 31.7 Å². The number of aromatic nitrogens is 3. The lowest BCUT2D eigenvalue weighted by Gasteiger charge is -2.24. The van der Waals surface area contributed by atoms with Gasteiger partial charge in [-0.25, -0.2) is 8.42 Å². The first kappa shape index (κ1) is 25.1. The Morgan fingerprint density at radius 3 is 2.57 bits per heavy atom. The number of aryl methyl sites for hydroxylation is 2. The first-order chi connectivity index (χ1) is 17.8. The second-order valence-electron chi connectivity index (χ2n) is 8.94. The molecule has 10 heteroatoms. The zero-order valence-electron chi connectivity index (χ0n) is 20.7. The van der Waals surface area contributed by atoms with Gasteiger partial charge in [-0.1, -0.05) is 30.3 Å². The summed E-state index contributed by atoms with van der Waals surface area (Å²) >= 11 is 0.977. The third-order valence-electron chi connectivity index (χ3n) is 6.54. The number of ether oxygens (including phenoxy) is 1. The van der Waals surface area contributed by atoms with Gasteiger partial charge in [0.1, 0.15) is 21.7 Å². The Hall–Kier alpha value is -3.60. The van der Waals surface area contributed by atoms with Crippen LogP contribution in [0.15, 0.2) is 70.4 Å². The van der Waals surface area contributed by atoms with Crippen LogP contribution in [-0.2, 0) is 23.0 Å². The highest BCUT2D eigenvalue weighted by atomic mass is 32.2. The molecule has 0 unspecified atom stereocenters. The van der Waals surface area contributed by atoms with Crippen LogP contribution in [0.25, 0.3) is 21.9 Å². The number of hydrogen-bond donors (Lipinski definition) is 1. The van der Waals surface area contributed by atoms with Crippen LogP contribution in [0.3, 0.4) is 0 Å². The van der Waals surface area contributed by atoms with E-state index in [0.29, 0.717) is 39.8 Å². The summed E-state index contributed by atoms with van der Waals surface area (Å²) in [5, 5.41) is 0.757. The van der Waals surface area contributed by atoms with Gasteiger partial charge in [-0.05, 0) is 67.3 Å². The number of rotatable bonds is 8. The molecule has 2 aromatic heterocycles. The number of aromatic amines is 1. The van der Waals surface area contributed by atoms with E-state index in [9.17, 15) is 13.2 Å². The number of hydrogen-bond acceptors (Lipinski definition) is 7.